The number of carboxylic acid groups (broad SMARTS) is 1. The predicted molar refractivity (Wildman–Crippen MR) is 113 cm³/mol. The molecule has 3 rings (SSSR count). The molecule has 0 amide bonds. The first kappa shape index (κ1) is 19.9. The van der Waals surface area contributed by atoms with Crippen LogP contribution in [-0.4, -0.2) is 47.2 Å². The lowest BCUT2D eigenvalue weighted by molar-refractivity contribution is -0.142. The minimum absolute atomic E-state index is 0.249. The van der Waals surface area contributed by atoms with Crippen LogP contribution in [0.5, 0.6) is 0 Å². The molecule has 2 aromatic rings. The van der Waals surface area contributed by atoms with Crippen LogP contribution in [0.4, 0.5) is 23.1 Å². The van der Waals surface area contributed by atoms with Crippen LogP contribution in [0.1, 0.15) is 32.4 Å². The molecule has 0 aliphatic carbocycles. The highest BCUT2D eigenvalue weighted by Gasteiger charge is 2.25. The number of carbonyl (C=O) groups is 1. The molecule has 0 bridgehead atoms. The second-order valence-electron chi connectivity index (χ2n) is 7.13. The fourth-order valence-electron chi connectivity index (χ4n) is 3.60. The Morgan fingerprint density at radius 1 is 1.18 bits per heavy atom. The Morgan fingerprint density at radius 3 is 2.39 bits per heavy atom. The Kier molecular flexibility index (Phi) is 6.34. The summed E-state index contributed by atoms with van der Waals surface area (Å²) in [5.74, 6) is 0.458. The van der Waals surface area contributed by atoms with Gasteiger partial charge in [-0.25, -0.2) is 4.98 Å². The van der Waals surface area contributed by atoms with Crippen molar-refractivity contribution in [3.05, 3.63) is 36.0 Å². The van der Waals surface area contributed by atoms with Crippen LogP contribution in [0.3, 0.4) is 0 Å². The van der Waals surface area contributed by atoms with Crippen molar-refractivity contribution < 1.29 is 9.90 Å². The molecule has 150 valence electrons. The van der Waals surface area contributed by atoms with E-state index in [9.17, 15) is 9.90 Å². The van der Waals surface area contributed by atoms with E-state index in [1.165, 1.54) is 5.69 Å². The number of hydrogen-bond acceptors (Lipinski definition) is 6. The van der Waals surface area contributed by atoms with Crippen molar-refractivity contribution in [1.82, 2.24) is 9.97 Å². The van der Waals surface area contributed by atoms with Crippen molar-refractivity contribution in [2.24, 2.45) is 5.92 Å². The SMILES string of the molecule is CCN(CC)c1ccc(Nc2nc(C)cc(N3CCC(C(=O)O)CC3)n2)cc1. The highest BCUT2D eigenvalue weighted by atomic mass is 16.4. The number of nitrogens with one attached hydrogen (secondary N) is 1. The average molecular weight is 383 g/mol. The van der Waals surface area contributed by atoms with E-state index in [0.717, 1.165) is 30.3 Å². The van der Waals surface area contributed by atoms with Crippen LogP contribution < -0.4 is 15.1 Å². The quantitative estimate of drug-likeness (QED) is 0.755. The van der Waals surface area contributed by atoms with E-state index in [-0.39, 0.29) is 5.92 Å². The zero-order valence-electron chi connectivity index (χ0n) is 16.9. The summed E-state index contributed by atoms with van der Waals surface area (Å²) in [6.07, 6.45) is 1.29. The first-order valence-electron chi connectivity index (χ1n) is 9.95. The van der Waals surface area contributed by atoms with Gasteiger partial charge >= 0.3 is 5.97 Å². The number of nitrogens with zero attached hydrogens (tertiary/aromatic N) is 4. The van der Waals surface area contributed by atoms with Crippen LogP contribution in [-0.2, 0) is 4.79 Å². The van der Waals surface area contributed by atoms with Gasteiger partial charge < -0.3 is 20.2 Å². The first-order valence-corrected chi connectivity index (χ1v) is 9.95. The van der Waals surface area contributed by atoms with Gasteiger partial charge in [-0.2, -0.15) is 4.98 Å². The van der Waals surface area contributed by atoms with Gasteiger partial charge in [-0.1, -0.05) is 0 Å². The topological polar surface area (TPSA) is 81.6 Å². The monoisotopic (exact) mass is 383 g/mol. The first-order chi connectivity index (χ1) is 13.5. The van der Waals surface area contributed by atoms with Crippen molar-refractivity contribution in [2.75, 3.05) is 41.3 Å². The van der Waals surface area contributed by atoms with Crippen molar-refractivity contribution >= 4 is 29.1 Å². The Labute approximate surface area is 166 Å². The van der Waals surface area contributed by atoms with Gasteiger partial charge in [-0.15, -0.1) is 0 Å². The maximum absolute atomic E-state index is 11.2. The summed E-state index contributed by atoms with van der Waals surface area (Å²) < 4.78 is 0. The summed E-state index contributed by atoms with van der Waals surface area (Å²) in [5.41, 5.74) is 3.02. The lowest BCUT2D eigenvalue weighted by Crippen LogP contribution is -2.36. The van der Waals surface area contributed by atoms with Gasteiger partial charge in [0.25, 0.3) is 0 Å². The summed E-state index contributed by atoms with van der Waals surface area (Å²) >= 11 is 0. The van der Waals surface area contributed by atoms with Crippen LogP contribution >= 0.6 is 0 Å². The molecule has 1 aromatic heterocycles. The Morgan fingerprint density at radius 2 is 1.82 bits per heavy atom. The number of hydrogen-bond donors (Lipinski definition) is 2. The fraction of sp³-hybridized carbons (Fsp3) is 0.476. The van der Waals surface area contributed by atoms with E-state index in [0.29, 0.717) is 31.9 Å². The number of anilines is 4. The standard InChI is InChI=1S/C21H29N5O2/c1-4-25(5-2)18-8-6-17(7-9-18)23-21-22-15(3)14-19(24-21)26-12-10-16(11-13-26)20(27)28/h6-9,14,16H,4-5,10-13H2,1-3H3,(H,27,28)(H,22,23,24). The molecule has 0 spiro atoms. The molecule has 7 nitrogen and oxygen atoms in total. The molecule has 1 aromatic carbocycles. The molecule has 1 aliphatic rings. The summed E-state index contributed by atoms with van der Waals surface area (Å²) in [6, 6.07) is 10.2. The molecule has 1 saturated heterocycles. The lowest BCUT2D eigenvalue weighted by atomic mass is 9.97. The molecule has 2 heterocycles. The van der Waals surface area contributed by atoms with Gasteiger partial charge in [0, 0.05) is 49.3 Å². The van der Waals surface area contributed by atoms with E-state index >= 15 is 0 Å². The average Bonchev–Trinajstić information content (AvgIpc) is 2.70. The molecule has 7 heteroatoms. The fourth-order valence-corrected chi connectivity index (χ4v) is 3.60. The lowest BCUT2D eigenvalue weighted by Gasteiger charge is -2.31. The second kappa shape index (κ2) is 8.91. The van der Waals surface area contributed by atoms with Crippen molar-refractivity contribution in [1.29, 1.82) is 0 Å². The molecule has 2 N–H and O–H groups in total. The Hall–Kier alpha value is -2.83. The third-order valence-corrected chi connectivity index (χ3v) is 5.26. The minimum Gasteiger partial charge on any atom is -0.481 e. The van der Waals surface area contributed by atoms with Crippen molar-refractivity contribution in [3.8, 4) is 0 Å². The number of aryl methyl sites for hydroxylation is 1. The van der Waals surface area contributed by atoms with E-state index in [4.69, 9.17) is 0 Å². The van der Waals surface area contributed by atoms with E-state index in [1.54, 1.807) is 0 Å². The molecule has 0 saturated carbocycles. The van der Waals surface area contributed by atoms with Crippen LogP contribution in [0.25, 0.3) is 0 Å². The van der Waals surface area contributed by atoms with Crippen LogP contribution in [0, 0.1) is 12.8 Å². The summed E-state index contributed by atoms with van der Waals surface area (Å²) in [5, 5.41) is 12.5. The highest BCUT2D eigenvalue weighted by Crippen LogP contribution is 2.25. The Bertz CT molecular complexity index is 797. The normalized spacial score (nSPS) is 14.8. The zero-order chi connectivity index (χ0) is 20.1. The number of rotatable bonds is 7. The molecule has 0 unspecified atom stereocenters. The summed E-state index contributed by atoms with van der Waals surface area (Å²) in [7, 11) is 0. The molecular formula is C21H29N5O2. The molecule has 0 radical (unpaired) electrons. The number of piperidine rings is 1. The smallest absolute Gasteiger partial charge is 0.306 e. The van der Waals surface area contributed by atoms with Gasteiger partial charge in [0.15, 0.2) is 0 Å². The van der Waals surface area contributed by atoms with Gasteiger partial charge in [0.1, 0.15) is 5.82 Å². The summed E-state index contributed by atoms with van der Waals surface area (Å²) in [4.78, 5) is 24.8. The third-order valence-electron chi connectivity index (χ3n) is 5.26. The molecule has 0 atom stereocenters. The third kappa shape index (κ3) is 4.71. The second-order valence-corrected chi connectivity index (χ2v) is 7.13. The molecule has 1 aliphatic heterocycles. The van der Waals surface area contributed by atoms with Crippen molar-refractivity contribution in [2.45, 2.75) is 33.6 Å². The number of benzene rings is 1. The largest absolute Gasteiger partial charge is 0.481 e. The maximum atomic E-state index is 11.2. The van der Waals surface area contributed by atoms with Gasteiger partial charge in [-0.3, -0.25) is 4.79 Å². The zero-order valence-corrected chi connectivity index (χ0v) is 16.9. The van der Waals surface area contributed by atoms with Crippen LogP contribution in [0.15, 0.2) is 30.3 Å². The Balaban J connectivity index is 1.71. The highest BCUT2D eigenvalue weighted by molar-refractivity contribution is 5.70. The van der Waals surface area contributed by atoms with E-state index in [2.05, 4.69) is 51.1 Å². The predicted octanol–water partition coefficient (Wildman–Crippen LogP) is 3.68. The number of aliphatic carboxylic acids is 1. The number of carboxylic acids is 1. The number of aromatic nitrogens is 2. The van der Waals surface area contributed by atoms with Crippen molar-refractivity contribution in [3.63, 3.8) is 0 Å². The van der Waals surface area contributed by atoms with Gasteiger partial charge in [0.2, 0.25) is 5.95 Å². The molecule has 1 fully saturated rings. The van der Waals surface area contributed by atoms with Crippen LogP contribution in [0.2, 0.25) is 0 Å². The van der Waals surface area contributed by atoms with E-state index < -0.39 is 5.97 Å². The molecule has 28 heavy (non-hydrogen) atoms. The minimum atomic E-state index is -0.700. The maximum Gasteiger partial charge on any atom is 0.306 e. The molecular weight excluding hydrogens is 354 g/mol. The summed E-state index contributed by atoms with van der Waals surface area (Å²) in [6.45, 7) is 9.60. The van der Waals surface area contributed by atoms with Gasteiger partial charge in [0.05, 0.1) is 5.92 Å². The van der Waals surface area contributed by atoms with E-state index in [1.807, 2.05) is 25.1 Å². The van der Waals surface area contributed by atoms with Gasteiger partial charge in [-0.05, 0) is 57.9 Å².